The summed E-state index contributed by atoms with van der Waals surface area (Å²) in [5, 5.41) is 0. The smallest absolute Gasteiger partial charge is 0.156 e. The van der Waals surface area contributed by atoms with Crippen LogP contribution in [0.2, 0.25) is 0 Å². The van der Waals surface area contributed by atoms with E-state index in [1.165, 1.54) is 0 Å². The van der Waals surface area contributed by atoms with Gasteiger partial charge in [-0.25, -0.2) is 15.0 Å². The van der Waals surface area contributed by atoms with Gasteiger partial charge in [-0.05, 0) is 18.6 Å². The minimum atomic E-state index is 0.363. The second-order valence-corrected chi connectivity index (χ2v) is 6.72. The van der Waals surface area contributed by atoms with Gasteiger partial charge in [0, 0.05) is 58.1 Å². The summed E-state index contributed by atoms with van der Waals surface area (Å²) in [5.74, 6) is 3.15. The van der Waals surface area contributed by atoms with Crippen molar-refractivity contribution < 1.29 is 9.47 Å². The van der Waals surface area contributed by atoms with Crippen LogP contribution >= 0.6 is 0 Å². The van der Waals surface area contributed by atoms with Gasteiger partial charge >= 0.3 is 0 Å². The minimum Gasteiger partial charge on any atom is -0.381 e. The molecule has 4 rings (SSSR count). The van der Waals surface area contributed by atoms with Crippen molar-refractivity contribution in [3.8, 4) is 0 Å². The van der Waals surface area contributed by atoms with Crippen molar-refractivity contribution in [2.45, 2.75) is 18.9 Å². The number of methoxy groups -OCH3 is 1. The van der Waals surface area contributed by atoms with Crippen LogP contribution in [-0.2, 0) is 16.1 Å². The van der Waals surface area contributed by atoms with E-state index < -0.39 is 0 Å². The fourth-order valence-electron chi connectivity index (χ4n) is 3.54. The maximum Gasteiger partial charge on any atom is 0.156 e. The molecular weight excluding hydrogens is 330 g/mol. The van der Waals surface area contributed by atoms with E-state index in [9.17, 15) is 0 Å². The molecule has 0 spiro atoms. The molecule has 2 aromatic rings. The number of aromatic nitrogens is 3. The van der Waals surface area contributed by atoms with Crippen LogP contribution in [0.25, 0.3) is 0 Å². The molecule has 2 aliphatic rings. The van der Waals surface area contributed by atoms with Crippen LogP contribution in [0.4, 0.5) is 11.6 Å². The van der Waals surface area contributed by atoms with Gasteiger partial charge in [-0.3, -0.25) is 0 Å². The Hall–Kier alpha value is -2.25. The zero-order valence-electron chi connectivity index (χ0n) is 15.2. The molecule has 0 aliphatic carbocycles. The standard InChI is InChI=1S/C19H25N5O2/c1-25-14-17-21-16(15-5-11-26-13-15)12-19(22-17)24-9-7-23(8-10-24)18-4-2-3-6-20-18/h2-4,6,12,15H,5,7-11,13-14H2,1H3/t15-/m1/s1. The average molecular weight is 355 g/mol. The molecule has 0 unspecified atom stereocenters. The Morgan fingerprint density at radius 1 is 1.12 bits per heavy atom. The Morgan fingerprint density at radius 3 is 2.58 bits per heavy atom. The summed E-state index contributed by atoms with van der Waals surface area (Å²) in [7, 11) is 1.68. The summed E-state index contributed by atoms with van der Waals surface area (Å²) in [6, 6.07) is 8.18. The van der Waals surface area contributed by atoms with Crippen molar-refractivity contribution in [3.63, 3.8) is 0 Å². The molecule has 0 bridgehead atoms. The highest BCUT2D eigenvalue weighted by molar-refractivity contribution is 5.45. The van der Waals surface area contributed by atoms with Crippen LogP contribution in [0.3, 0.4) is 0 Å². The van der Waals surface area contributed by atoms with E-state index in [2.05, 4.69) is 26.9 Å². The number of piperazine rings is 1. The summed E-state index contributed by atoms with van der Waals surface area (Å²) in [6.07, 6.45) is 2.87. The molecule has 7 nitrogen and oxygen atoms in total. The summed E-state index contributed by atoms with van der Waals surface area (Å²) in [6.45, 7) is 5.69. The zero-order valence-corrected chi connectivity index (χ0v) is 15.2. The van der Waals surface area contributed by atoms with E-state index in [-0.39, 0.29) is 0 Å². The van der Waals surface area contributed by atoms with Gasteiger partial charge in [0.2, 0.25) is 0 Å². The molecule has 2 saturated heterocycles. The van der Waals surface area contributed by atoms with E-state index in [0.29, 0.717) is 12.5 Å². The van der Waals surface area contributed by atoms with Gasteiger partial charge in [0.15, 0.2) is 5.82 Å². The normalized spacial score (nSPS) is 20.6. The van der Waals surface area contributed by atoms with Gasteiger partial charge in [-0.2, -0.15) is 0 Å². The van der Waals surface area contributed by atoms with Crippen molar-refractivity contribution in [1.82, 2.24) is 15.0 Å². The van der Waals surface area contributed by atoms with Gasteiger partial charge in [0.05, 0.1) is 12.3 Å². The molecule has 0 radical (unpaired) electrons. The lowest BCUT2D eigenvalue weighted by molar-refractivity contribution is 0.177. The molecule has 7 heteroatoms. The fourth-order valence-corrected chi connectivity index (χ4v) is 3.54. The fraction of sp³-hybridized carbons (Fsp3) is 0.526. The number of rotatable bonds is 5. The number of anilines is 2. The molecule has 26 heavy (non-hydrogen) atoms. The van der Waals surface area contributed by atoms with Gasteiger partial charge in [-0.15, -0.1) is 0 Å². The summed E-state index contributed by atoms with van der Waals surface area (Å²) < 4.78 is 10.8. The van der Waals surface area contributed by atoms with Gasteiger partial charge in [0.1, 0.15) is 18.2 Å². The molecule has 2 aromatic heterocycles. The topological polar surface area (TPSA) is 63.6 Å². The largest absolute Gasteiger partial charge is 0.381 e. The Bertz CT molecular complexity index is 713. The SMILES string of the molecule is COCc1nc([C@@H]2CCOC2)cc(N2CCN(c3ccccn3)CC2)n1. The van der Waals surface area contributed by atoms with Crippen LogP contribution in [-0.4, -0.2) is 61.5 Å². The third-order valence-corrected chi connectivity index (χ3v) is 4.98. The van der Waals surface area contributed by atoms with E-state index >= 15 is 0 Å². The Labute approximate surface area is 154 Å². The first kappa shape index (κ1) is 17.2. The average Bonchev–Trinajstić information content (AvgIpc) is 3.24. The van der Waals surface area contributed by atoms with Crippen molar-refractivity contribution >= 4 is 11.6 Å². The predicted octanol–water partition coefficient (Wildman–Crippen LogP) is 1.85. The number of ether oxygens (including phenoxy) is 2. The van der Waals surface area contributed by atoms with E-state index in [4.69, 9.17) is 19.4 Å². The Balaban J connectivity index is 1.50. The quantitative estimate of drug-likeness (QED) is 0.811. The second-order valence-electron chi connectivity index (χ2n) is 6.72. The molecule has 4 heterocycles. The van der Waals surface area contributed by atoms with E-state index in [0.717, 1.165) is 69.0 Å². The summed E-state index contributed by atoms with van der Waals surface area (Å²) in [5.41, 5.74) is 1.08. The molecule has 2 fully saturated rings. The second kappa shape index (κ2) is 7.97. The third kappa shape index (κ3) is 3.78. The number of nitrogens with zero attached hydrogens (tertiary/aromatic N) is 5. The van der Waals surface area contributed by atoms with Gasteiger partial charge < -0.3 is 19.3 Å². The highest BCUT2D eigenvalue weighted by atomic mass is 16.5. The number of pyridine rings is 1. The maximum absolute atomic E-state index is 5.54. The Morgan fingerprint density at radius 2 is 1.92 bits per heavy atom. The molecule has 138 valence electrons. The van der Waals surface area contributed by atoms with Crippen molar-refractivity contribution in [1.29, 1.82) is 0 Å². The van der Waals surface area contributed by atoms with Crippen molar-refractivity contribution in [2.24, 2.45) is 0 Å². The molecule has 0 N–H and O–H groups in total. The highest BCUT2D eigenvalue weighted by Crippen LogP contribution is 2.27. The van der Waals surface area contributed by atoms with Crippen LogP contribution in [0, 0.1) is 0 Å². The van der Waals surface area contributed by atoms with Crippen LogP contribution < -0.4 is 9.80 Å². The Kier molecular flexibility index (Phi) is 5.26. The monoisotopic (exact) mass is 355 g/mol. The lowest BCUT2D eigenvalue weighted by Gasteiger charge is -2.36. The predicted molar refractivity (Wildman–Crippen MR) is 99.6 cm³/mol. The number of hydrogen-bond donors (Lipinski definition) is 0. The molecule has 0 amide bonds. The highest BCUT2D eigenvalue weighted by Gasteiger charge is 2.24. The molecule has 0 aromatic carbocycles. The lowest BCUT2D eigenvalue weighted by Crippen LogP contribution is -2.47. The first-order valence-electron chi connectivity index (χ1n) is 9.19. The molecular formula is C19H25N5O2. The molecule has 1 atom stereocenters. The van der Waals surface area contributed by atoms with Crippen LogP contribution in [0.15, 0.2) is 30.5 Å². The first-order chi connectivity index (χ1) is 12.8. The summed E-state index contributed by atoms with van der Waals surface area (Å²) >= 11 is 0. The van der Waals surface area contributed by atoms with Crippen LogP contribution in [0.1, 0.15) is 23.9 Å². The molecule has 2 aliphatic heterocycles. The molecule has 0 saturated carbocycles. The number of hydrogen-bond acceptors (Lipinski definition) is 7. The zero-order chi connectivity index (χ0) is 17.8. The lowest BCUT2D eigenvalue weighted by atomic mass is 10.0. The van der Waals surface area contributed by atoms with Gasteiger partial charge in [-0.1, -0.05) is 6.07 Å². The van der Waals surface area contributed by atoms with Crippen molar-refractivity contribution in [3.05, 3.63) is 42.0 Å². The van der Waals surface area contributed by atoms with E-state index in [1.54, 1.807) is 7.11 Å². The van der Waals surface area contributed by atoms with Gasteiger partial charge in [0.25, 0.3) is 0 Å². The van der Waals surface area contributed by atoms with Crippen LogP contribution in [0.5, 0.6) is 0 Å². The van der Waals surface area contributed by atoms with Crippen molar-refractivity contribution in [2.75, 3.05) is 56.3 Å². The summed E-state index contributed by atoms with van der Waals surface area (Å²) in [4.78, 5) is 18.5. The third-order valence-electron chi connectivity index (χ3n) is 4.98. The first-order valence-corrected chi connectivity index (χ1v) is 9.19. The minimum absolute atomic E-state index is 0.363. The maximum atomic E-state index is 5.54. The van der Waals surface area contributed by atoms with E-state index in [1.807, 2.05) is 18.3 Å².